The van der Waals surface area contributed by atoms with Crippen LogP contribution in [0.4, 0.5) is 13.2 Å². The van der Waals surface area contributed by atoms with Gasteiger partial charge in [0.25, 0.3) is 0 Å². The zero-order valence-corrected chi connectivity index (χ0v) is 15.5. The highest BCUT2D eigenvalue weighted by Gasteiger charge is 2.56. The van der Waals surface area contributed by atoms with Crippen molar-refractivity contribution >= 4 is 11.9 Å². The monoisotopic (exact) mass is 409 g/mol. The van der Waals surface area contributed by atoms with Crippen molar-refractivity contribution in [3.63, 3.8) is 0 Å². The summed E-state index contributed by atoms with van der Waals surface area (Å²) in [6, 6.07) is 4.41. The second-order valence-electron chi connectivity index (χ2n) is 7.03. The smallest absolute Gasteiger partial charge is 0.464 e. The summed E-state index contributed by atoms with van der Waals surface area (Å²) < 4.78 is 46.1. The number of alkyl halides is 3. The first kappa shape index (κ1) is 19.3. The van der Waals surface area contributed by atoms with Crippen molar-refractivity contribution in [3.8, 4) is 5.75 Å². The average molecular weight is 409 g/mol. The van der Waals surface area contributed by atoms with Crippen molar-refractivity contribution in [2.45, 2.75) is 44.1 Å². The highest BCUT2D eigenvalue weighted by molar-refractivity contribution is 5.95. The topological polar surface area (TPSA) is 84.5 Å². The molecule has 2 aliphatic rings. The number of rotatable bonds is 5. The van der Waals surface area contributed by atoms with E-state index in [9.17, 15) is 22.8 Å². The third kappa shape index (κ3) is 3.43. The fraction of sp³-hybridized carbons (Fsp3) is 0.421. The minimum absolute atomic E-state index is 0.165. The summed E-state index contributed by atoms with van der Waals surface area (Å²) in [6.07, 6.45) is -2.12. The first-order valence-corrected chi connectivity index (χ1v) is 9.12. The van der Waals surface area contributed by atoms with Crippen LogP contribution in [-0.2, 0) is 26.3 Å². The number of aromatic amines is 1. The molecule has 1 aromatic carbocycles. The maximum Gasteiger partial charge on any atom is 0.573 e. The number of benzene rings is 1. The Hall–Kier alpha value is -3.04. The number of hydrogen-bond acceptors (Lipinski definition) is 5. The molecule has 10 heteroatoms. The molecule has 1 atom stereocenters. The number of nitrogens with zero attached hydrogens (tertiary/aromatic N) is 2. The molecule has 0 spiro atoms. The first-order valence-electron chi connectivity index (χ1n) is 9.12. The lowest BCUT2D eigenvalue weighted by atomic mass is 9.93. The molecule has 1 aliphatic heterocycles. The van der Waals surface area contributed by atoms with Gasteiger partial charge in [-0.2, -0.15) is 5.10 Å². The summed E-state index contributed by atoms with van der Waals surface area (Å²) in [6.45, 7) is 2.02. The SMILES string of the molecule is CCOC(=O)C1c2c[nH]nc2CN1C(=O)C1(c2ccc(OC(F)(F)F)cc2)CC1. The van der Waals surface area contributed by atoms with Gasteiger partial charge in [0.1, 0.15) is 5.75 Å². The van der Waals surface area contributed by atoms with E-state index in [2.05, 4.69) is 14.9 Å². The van der Waals surface area contributed by atoms with E-state index in [1.54, 1.807) is 13.1 Å². The van der Waals surface area contributed by atoms with Crippen LogP contribution >= 0.6 is 0 Å². The van der Waals surface area contributed by atoms with Crippen molar-refractivity contribution in [1.82, 2.24) is 15.1 Å². The maximum absolute atomic E-state index is 13.4. The molecule has 0 saturated heterocycles. The Morgan fingerprint density at radius 1 is 1.28 bits per heavy atom. The summed E-state index contributed by atoms with van der Waals surface area (Å²) in [5.74, 6) is -1.15. The maximum atomic E-state index is 13.4. The number of ether oxygens (including phenoxy) is 2. The number of H-pyrrole nitrogens is 1. The lowest BCUT2D eigenvalue weighted by Crippen LogP contribution is -2.41. The number of aromatic nitrogens is 2. The molecule has 1 aliphatic carbocycles. The van der Waals surface area contributed by atoms with Gasteiger partial charge in [-0.1, -0.05) is 12.1 Å². The summed E-state index contributed by atoms with van der Waals surface area (Å²) in [5.41, 5.74) is 0.919. The van der Waals surface area contributed by atoms with E-state index in [-0.39, 0.29) is 24.8 Å². The average Bonchev–Trinajstić information content (AvgIpc) is 3.19. The number of nitrogens with one attached hydrogen (secondary N) is 1. The molecule has 7 nitrogen and oxygen atoms in total. The van der Waals surface area contributed by atoms with Gasteiger partial charge in [-0.05, 0) is 37.5 Å². The molecule has 1 amide bonds. The van der Waals surface area contributed by atoms with Gasteiger partial charge in [0.2, 0.25) is 5.91 Å². The normalized spacial score (nSPS) is 19.6. The third-order valence-corrected chi connectivity index (χ3v) is 5.25. The van der Waals surface area contributed by atoms with Crippen LogP contribution in [0.3, 0.4) is 0 Å². The third-order valence-electron chi connectivity index (χ3n) is 5.25. The minimum Gasteiger partial charge on any atom is -0.464 e. The molecule has 1 fully saturated rings. The van der Waals surface area contributed by atoms with Gasteiger partial charge in [-0.3, -0.25) is 9.89 Å². The molecule has 1 saturated carbocycles. The molecule has 29 heavy (non-hydrogen) atoms. The van der Waals surface area contributed by atoms with Crippen molar-refractivity contribution in [3.05, 3.63) is 47.3 Å². The molecule has 1 aromatic heterocycles. The fourth-order valence-corrected chi connectivity index (χ4v) is 3.78. The highest BCUT2D eigenvalue weighted by Crippen LogP contribution is 2.52. The van der Waals surface area contributed by atoms with Crippen LogP contribution < -0.4 is 4.74 Å². The molecular formula is C19H18F3N3O4. The number of carbonyl (C=O) groups is 2. The van der Waals surface area contributed by atoms with Crippen molar-refractivity contribution in [1.29, 1.82) is 0 Å². The quantitative estimate of drug-likeness (QED) is 0.768. The van der Waals surface area contributed by atoms with E-state index < -0.39 is 23.8 Å². The fourth-order valence-electron chi connectivity index (χ4n) is 3.78. The van der Waals surface area contributed by atoms with Crippen LogP contribution in [0.15, 0.2) is 30.5 Å². The minimum atomic E-state index is -4.78. The molecule has 0 radical (unpaired) electrons. The summed E-state index contributed by atoms with van der Waals surface area (Å²) in [5, 5.41) is 6.79. The molecule has 2 aromatic rings. The predicted molar refractivity (Wildman–Crippen MR) is 92.5 cm³/mol. The molecule has 154 valence electrons. The Bertz CT molecular complexity index is 935. The van der Waals surface area contributed by atoms with Crippen molar-refractivity contribution < 1.29 is 32.2 Å². The molecule has 2 heterocycles. The Morgan fingerprint density at radius 2 is 1.97 bits per heavy atom. The first-order chi connectivity index (χ1) is 13.7. The summed E-state index contributed by atoms with van der Waals surface area (Å²) in [4.78, 5) is 27.3. The second-order valence-corrected chi connectivity index (χ2v) is 7.03. The van der Waals surface area contributed by atoms with E-state index in [4.69, 9.17) is 4.74 Å². The van der Waals surface area contributed by atoms with Gasteiger partial charge in [0, 0.05) is 11.8 Å². The van der Waals surface area contributed by atoms with Crippen LogP contribution in [0.25, 0.3) is 0 Å². The largest absolute Gasteiger partial charge is 0.573 e. The molecule has 1 unspecified atom stereocenters. The summed E-state index contributed by atoms with van der Waals surface area (Å²) >= 11 is 0. The Labute approximate surface area is 163 Å². The number of amides is 1. The number of esters is 1. The Kier molecular flexibility index (Phi) is 4.51. The highest BCUT2D eigenvalue weighted by atomic mass is 19.4. The van der Waals surface area contributed by atoms with Crippen LogP contribution in [0.1, 0.15) is 42.6 Å². The van der Waals surface area contributed by atoms with E-state index in [1.165, 1.54) is 29.2 Å². The predicted octanol–water partition coefficient (Wildman–Crippen LogP) is 2.99. The molecule has 4 rings (SSSR count). The Balaban J connectivity index is 1.58. The van der Waals surface area contributed by atoms with Gasteiger partial charge in [0.05, 0.1) is 24.3 Å². The zero-order valence-electron chi connectivity index (χ0n) is 15.5. The standard InChI is InChI=1S/C19H18F3N3O4/c1-2-28-16(26)15-13-9-23-24-14(13)10-25(15)17(27)18(7-8-18)11-3-5-12(6-4-11)29-19(20,21)22/h3-6,9,15H,2,7-8,10H2,1H3,(H,23,24). The molecular weight excluding hydrogens is 391 g/mol. The van der Waals surface area contributed by atoms with Crippen molar-refractivity contribution in [2.75, 3.05) is 6.61 Å². The van der Waals surface area contributed by atoms with Gasteiger partial charge in [-0.25, -0.2) is 4.79 Å². The van der Waals surface area contributed by atoms with E-state index in [1.807, 2.05) is 0 Å². The van der Waals surface area contributed by atoms with E-state index >= 15 is 0 Å². The lowest BCUT2D eigenvalue weighted by Gasteiger charge is -2.28. The second kappa shape index (κ2) is 6.78. The van der Waals surface area contributed by atoms with E-state index in [0.717, 1.165) is 0 Å². The Morgan fingerprint density at radius 3 is 2.55 bits per heavy atom. The van der Waals surface area contributed by atoms with Gasteiger partial charge in [0.15, 0.2) is 6.04 Å². The molecule has 0 bridgehead atoms. The van der Waals surface area contributed by atoms with Gasteiger partial charge < -0.3 is 14.4 Å². The number of carbonyl (C=O) groups excluding carboxylic acids is 2. The lowest BCUT2D eigenvalue weighted by molar-refractivity contribution is -0.274. The number of halogens is 3. The molecule has 1 N–H and O–H groups in total. The van der Waals surface area contributed by atoms with E-state index in [0.29, 0.717) is 29.7 Å². The van der Waals surface area contributed by atoms with Gasteiger partial charge in [-0.15, -0.1) is 13.2 Å². The van der Waals surface area contributed by atoms with Crippen molar-refractivity contribution in [2.24, 2.45) is 0 Å². The van der Waals surface area contributed by atoms with Crippen LogP contribution in [0.5, 0.6) is 5.75 Å². The zero-order chi connectivity index (χ0) is 20.8. The number of hydrogen-bond donors (Lipinski definition) is 1. The number of fused-ring (bicyclic) bond motifs is 1. The van der Waals surface area contributed by atoms with Crippen LogP contribution in [-0.4, -0.2) is 39.9 Å². The van der Waals surface area contributed by atoms with Crippen LogP contribution in [0.2, 0.25) is 0 Å². The van der Waals surface area contributed by atoms with Gasteiger partial charge >= 0.3 is 12.3 Å². The van der Waals surface area contributed by atoms with Crippen LogP contribution in [0, 0.1) is 0 Å². The summed E-state index contributed by atoms with van der Waals surface area (Å²) in [7, 11) is 0.